The van der Waals surface area contributed by atoms with Crippen LogP contribution >= 0.6 is 16.1 Å². The van der Waals surface area contributed by atoms with Crippen molar-refractivity contribution in [2.24, 2.45) is 0 Å². The molecule has 5 heteroatoms. The molecule has 0 amide bonds. The van der Waals surface area contributed by atoms with Gasteiger partial charge in [0.05, 0.1) is 6.61 Å². The lowest BCUT2D eigenvalue weighted by Crippen LogP contribution is -1.76. The molecule has 1 atom stereocenters. The van der Waals surface area contributed by atoms with Gasteiger partial charge in [0.1, 0.15) is 0 Å². The first kappa shape index (κ1) is 6.43. The van der Waals surface area contributed by atoms with Crippen LogP contribution in [-0.4, -0.2) is 12.4 Å². The van der Waals surface area contributed by atoms with Gasteiger partial charge in [-0.05, 0) is 4.67 Å². The van der Waals surface area contributed by atoms with Gasteiger partial charge in [0.15, 0.2) is 0 Å². The van der Waals surface area contributed by atoms with Crippen molar-refractivity contribution in [2.75, 3.05) is 12.4 Å². The SMILES string of the molecule is S=P1([S-])OCCS1. The lowest BCUT2D eigenvalue weighted by Gasteiger charge is -2.17. The molecule has 0 spiro atoms. The van der Waals surface area contributed by atoms with Gasteiger partial charge in [0.2, 0.25) is 0 Å². The van der Waals surface area contributed by atoms with Gasteiger partial charge in [0.25, 0.3) is 0 Å². The average molecular weight is 171 g/mol. The summed E-state index contributed by atoms with van der Waals surface area (Å²) in [5, 5.41) is 0. The predicted molar refractivity (Wildman–Crippen MR) is 40.1 cm³/mol. The molecule has 42 valence electrons. The maximum atomic E-state index is 5.04. The summed E-state index contributed by atoms with van der Waals surface area (Å²) in [6.45, 7) is 0.769. The Morgan fingerprint density at radius 3 is 2.71 bits per heavy atom. The molecule has 1 heterocycles. The minimum absolute atomic E-state index is 0.769. The van der Waals surface area contributed by atoms with E-state index in [0.717, 1.165) is 12.4 Å². The largest absolute Gasteiger partial charge is 0.709 e. The van der Waals surface area contributed by atoms with Gasteiger partial charge in [-0.25, -0.2) is 0 Å². The van der Waals surface area contributed by atoms with E-state index in [1.165, 1.54) is 0 Å². The third-order valence-corrected chi connectivity index (χ3v) is 6.09. The van der Waals surface area contributed by atoms with E-state index < -0.39 is 4.67 Å². The third kappa shape index (κ3) is 1.94. The Balaban J connectivity index is 2.57. The zero-order valence-corrected chi connectivity index (χ0v) is 6.84. The first-order valence-electron chi connectivity index (χ1n) is 1.81. The van der Waals surface area contributed by atoms with Crippen LogP contribution in [0.15, 0.2) is 0 Å². The zero-order valence-electron chi connectivity index (χ0n) is 3.49. The molecule has 1 aliphatic heterocycles. The van der Waals surface area contributed by atoms with Crippen LogP contribution in [0, 0.1) is 0 Å². The molecule has 1 rings (SSSR count). The minimum atomic E-state index is -1.71. The molecule has 0 saturated carbocycles. The molecule has 1 fully saturated rings. The fourth-order valence-electron chi connectivity index (χ4n) is 0.335. The number of hydrogen-bond acceptors (Lipinski definition) is 4. The van der Waals surface area contributed by atoms with Crippen molar-refractivity contribution in [1.82, 2.24) is 0 Å². The molecule has 0 N–H and O–H groups in total. The summed E-state index contributed by atoms with van der Waals surface area (Å²) >= 11 is 11.4. The maximum Gasteiger partial charge on any atom is 0.0598 e. The van der Waals surface area contributed by atoms with Crippen molar-refractivity contribution in [3.63, 3.8) is 0 Å². The maximum absolute atomic E-state index is 5.04. The van der Waals surface area contributed by atoms with E-state index in [2.05, 4.69) is 0 Å². The second-order valence-corrected chi connectivity index (χ2v) is 10.4. The summed E-state index contributed by atoms with van der Waals surface area (Å²) < 4.78 is 3.33. The second-order valence-electron chi connectivity index (χ2n) is 1.11. The van der Waals surface area contributed by atoms with E-state index >= 15 is 0 Å². The summed E-state index contributed by atoms with van der Waals surface area (Å²) in [5.41, 5.74) is 0. The lowest BCUT2D eigenvalue weighted by atomic mass is 10.9. The third-order valence-electron chi connectivity index (χ3n) is 0.582. The van der Waals surface area contributed by atoms with Gasteiger partial charge in [-0.15, -0.1) is 11.4 Å². The van der Waals surface area contributed by atoms with Gasteiger partial charge in [0, 0.05) is 5.75 Å². The Kier molecular flexibility index (Phi) is 2.09. The van der Waals surface area contributed by atoms with Crippen molar-refractivity contribution < 1.29 is 4.52 Å². The highest BCUT2D eigenvalue weighted by molar-refractivity contribution is 8.91. The van der Waals surface area contributed by atoms with Crippen molar-refractivity contribution in [1.29, 1.82) is 0 Å². The number of rotatable bonds is 0. The van der Waals surface area contributed by atoms with E-state index in [1.807, 2.05) is 0 Å². The van der Waals surface area contributed by atoms with E-state index in [4.69, 9.17) is 28.6 Å². The van der Waals surface area contributed by atoms with Gasteiger partial charge in [-0.3, -0.25) is 0 Å². The molecule has 1 saturated heterocycles. The first-order valence-corrected chi connectivity index (χ1v) is 7.13. The van der Waals surface area contributed by atoms with E-state index in [-0.39, 0.29) is 0 Å². The molecule has 0 aliphatic carbocycles. The molecular formula is C2H4OPS3-. The van der Waals surface area contributed by atoms with Crippen LogP contribution in [0.4, 0.5) is 0 Å². The predicted octanol–water partition coefficient (Wildman–Crippen LogP) is 1.52. The van der Waals surface area contributed by atoms with Crippen LogP contribution in [0.5, 0.6) is 0 Å². The Hall–Kier alpha value is 1.31. The van der Waals surface area contributed by atoms with Gasteiger partial charge in [-0.1, -0.05) is 11.8 Å². The molecule has 0 aromatic rings. The standard InChI is InChI=1S/C2H5OPS3/c5-4(6)3-1-2-7-4/h1-2H2,(H,5,6)/p-1. The molecular weight excluding hydrogens is 167 g/mol. The van der Waals surface area contributed by atoms with Crippen molar-refractivity contribution in [3.8, 4) is 0 Å². The molecule has 1 unspecified atom stereocenters. The van der Waals surface area contributed by atoms with Crippen molar-refractivity contribution in [2.45, 2.75) is 0 Å². The molecule has 0 radical (unpaired) electrons. The van der Waals surface area contributed by atoms with E-state index in [1.54, 1.807) is 11.4 Å². The highest BCUT2D eigenvalue weighted by Gasteiger charge is 2.08. The van der Waals surface area contributed by atoms with Crippen LogP contribution in [0.25, 0.3) is 0 Å². The monoisotopic (exact) mass is 171 g/mol. The van der Waals surface area contributed by atoms with Gasteiger partial charge in [-0.2, -0.15) is 0 Å². The van der Waals surface area contributed by atoms with E-state index in [9.17, 15) is 0 Å². The summed E-state index contributed by atoms with van der Waals surface area (Å²) in [6.07, 6.45) is 0. The molecule has 0 bridgehead atoms. The summed E-state index contributed by atoms with van der Waals surface area (Å²) in [7, 11) is 0. The normalized spacial score (nSPS) is 41.9. The van der Waals surface area contributed by atoms with Crippen LogP contribution in [0.1, 0.15) is 0 Å². The quantitative estimate of drug-likeness (QED) is 0.403. The average Bonchev–Trinajstić information content (AvgIpc) is 1.84. The molecule has 1 nitrogen and oxygen atoms in total. The van der Waals surface area contributed by atoms with Crippen LogP contribution in [0.2, 0.25) is 0 Å². The topological polar surface area (TPSA) is 9.23 Å². The lowest BCUT2D eigenvalue weighted by molar-refractivity contribution is 0.406. The fraction of sp³-hybridized carbons (Fsp3) is 1.00. The Bertz CT molecular complexity index is 104. The highest BCUT2D eigenvalue weighted by Crippen LogP contribution is 2.61. The van der Waals surface area contributed by atoms with Crippen LogP contribution < -0.4 is 0 Å². The summed E-state index contributed by atoms with van der Waals surface area (Å²) in [6, 6.07) is 0. The second kappa shape index (κ2) is 2.28. The van der Waals surface area contributed by atoms with E-state index in [0.29, 0.717) is 0 Å². The number of hydrogen-bond donors (Lipinski definition) is 0. The van der Waals surface area contributed by atoms with Crippen LogP contribution in [-0.2, 0) is 28.6 Å². The molecule has 7 heavy (non-hydrogen) atoms. The van der Waals surface area contributed by atoms with Crippen molar-refractivity contribution in [3.05, 3.63) is 0 Å². The van der Waals surface area contributed by atoms with Gasteiger partial charge < -0.3 is 16.8 Å². The smallest absolute Gasteiger partial charge is 0.0598 e. The highest BCUT2D eigenvalue weighted by atomic mass is 33.2. The molecule has 0 aromatic carbocycles. The minimum Gasteiger partial charge on any atom is -0.709 e. The zero-order chi connectivity index (χ0) is 5.33. The Morgan fingerprint density at radius 2 is 2.57 bits per heavy atom. The molecule has 1 aliphatic rings. The van der Waals surface area contributed by atoms with Crippen LogP contribution in [0.3, 0.4) is 0 Å². The molecule has 0 aromatic heterocycles. The first-order chi connectivity index (χ1) is 3.21. The van der Waals surface area contributed by atoms with Crippen molar-refractivity contribution >= 4 is 40.1 Å². The Labute approximate surface area is 57.2 Å². The van der Waals surface area contributed by atoms with Gasteiger partial charge >= 0.3 is 0 Å². The fourth-order valence-corrected chi connectivity index (χ4v) is 4.36. The Morgan fingerprint density at radius 1 is 1.86 bits per heavy atom. The summed E-state index contributed by atoms with van der Waals surface area (Å²) in [5.74, 6) is 1.00. The summed E-state index contributed by atoms with van der Waals surface area (Å²) in [4.78, 5) is 0.